The third kappa shape index (κ3) is 2.26. The summed E-state index contributed by atoms with van der Waals surface area (Å²) in [6.07, 6.45) is 1.86. The molecule has 2 atom stereocenters. The summed E-state index contributed by atoms with van der Waals surface area (Å²) in [5.74, 6) is 0.486. The summed E-state index contributed by atoms with van der Waals surface area (Å²) in [7, 11) is 0. The van der Waals surface area contributed by atoms with Gasteiger partial charge in [0.25, 0.3) is 0 Å². The molecule has 0 aliphatic carbocycles. The predicted molar refractivity (Wildman–Crippen MR) is 63.2 cm³/mol. The Kier molecular flexibility index (Phi) is 3.06. The van der Waals surface area contributed by atoms with Crippen molar-refractivity contribution in [2.24, 2.45) is 5.73 Å². The van der Waals surface area contributed by atoms with Gasteiger partial charge < -0.3 is 11.1 Å². The van der Waals surface area contributed by atoms with Crippen LogP contribution in [0.1, 0.15) is 25.7 Å². The van der Waals surface area contributed by atoms with E-state index in [4.69, 9.17) is 5.73 Å². The average molecular weight is 233 g/mol. The highest BCUT2D eigenvalue weighted by Gasteiger charge is 2.17. The first-order valence-electron chi connectivity index (χ1n) is 5.45. The maximum absolute atomic E-state index is 11.5. The molecule has 0 aliphatic heterocycles. The fraction of sp³-hybridized carbons (Fsp3) is 0.364. The van der Waals surface area contributed by atoms with Gasteiger partial charge in [-0.3, -0.25) is 9.20 Å². The van der Waals surface area contributed by atoms with Crippen LogP contribution in [-0.2, 0) is 4.79 Å². The van der Waals surface area contributed by atoms with Crippen LogP contribution in [0.2, 0.25) is 0 Å². The molecule has 0 bridgehead atoms. The summed E-state index contributed by atoms with van der Waals surface area (Å²) < 4.78 is 1.84. The van der Waals surface area contributed by atoms with Gasteiger partial charge in [0.05, 0.1) is 12.1 Å². The molecule has 1 unspecified atom stereocenters. The molecule has 17 heavy (non-hydrogen) atoms. The smallest absolute Gasteiger partial charge is 0.237 e. The molecule has 2 aromatic rings. The van der Waals surface area contributed by atoms with Crippen molar-refractivity contribution in [2.45, 2.75) is 25.9 Å². The number of rotatable bonds is 3. The lowest BCUT2D eigenvalue weighted by molar-refractivity contribution is -0.122. The fourth-order valence-corrected chi connectivity index (χ4v) is 1.56. The van der Waals surface area contributed by atoms with Crippen LogP contribution in [-0.4, -0.2) is 26.5 Å². The first kappa shape index (κ1) is 11.5. The Morgan fingerprint density at radius 1 is 1.41 bits per heavy atom. The van der Waals surface area contributed by atoms with Crippen molar-refractivity contribution in [1.29, 1.82) is 0 Å². The minimum absolute atomic E-state index is 0.204. The molecular weight excluding hydrogens is 218 g/mol. The number of carbonyl (C=O) groups is 1. The van der Waals surface area contributed by atoms with E-state index >= 15 is 0 Å². The number of hydrogen-bond acceptors (Lipinski definition) is 4. The Balaban J connectivity index is 2.25. The quantitative estimate of drug-likeness (QED) is 0.796. The number of carbonyl (C=O) groups excluding carboxylic acids is 1. The highest BCUT2D eigenvalue weighted by atomic mass is 16.2. The van der Waals surface area contributed by atoms with Gasteiger partial charge in [-0.15, -0.1) is 10.2 Å². The van der Waals surface area contributed by atoms with Crippen LogP contribution < -0.4 is 11.1 Å². The minimum atomic E-state index is -0.531. The highest BCUT2D eigenvalue weighted by Crippen LogP contribution is 2.11. The van der Waals surface area contributed by atoms with Gasteiger partial charge in [-0.1, -0.05) is 6.07 Å². The number of fused-ring (bicyclic) bond motifs is 1. The predicted octanol–water partition coefficient (Wildman–Crippen LogP) is 0.254. The van der Waals surface area contributed by atoms with Crippen LogP contribution in [0.3, 0.4) is 0 Å². The largest absolute Gasteiger partial charge is 0.345 e. The molecule has 6 heteroatoms. The Bertz CT molecular complexity index is 533. The van der Waals surface area contributed by atoms with E-state index in [1.165, 1.54) is 0 Å². The summed E-state index contributed by atoms with van der Waals surface area (Å²) in [5.41, 5.74) is 6.25. The molecule has 1 amide bonds. The summed E-state index contributed by atoms with van der Waals surface area (Å²) in [6, 6.07) is 4.87. The van der Waals surface area contributed by atoms with Gasteiger partial charge in [0.15, 0.2) is 11.5 Å². The molecule has 2 rings (SSSR count). The van der Waals surface area contributed by atoms with Gasteiger partial charge in [-0.25, -0.2) is 0 Å². The number of nitrogens with two attached hydrogens (primary N) is 1. The summed E-state index contributed by atoms with van der Waals surface area (Å²) in [4.78, 5) is 11.5. The van der Waals surface area contributed by atoms with Crippen molar-refractivity contribution in [3.8, 4) is 0 Å². The molecule has 0 saturated carbocycles. The van der Waals surface area contributed by atoms with E-state index in [1.807, 2.05) is 35.7 Å². The molecule has 0 aliphatic rings. The van der Waals surface area contributed by atoms with E-state index in [0.29, 0.717) is 5.82 Å². The molecule has 0 fully saturated rings. The average Bonchev–Trinajstić information content (AvgIpc) is 2.72. The number of nitrogens with one attached hydrogen (secondary N) is 1. The maximum Gasteiger partial charge on any atom is 0.237 e. The van der Waals surface area contributed by atoms with E-state index < -0.39 is 6.04 Å². The van der Waals surface area contributed by atoms with Crippen LogP contribution in [0.25, 0.3) is 5.65 Å². The first-order chi connectivity index (χ1) is 8.09. The zero-order chi connectivity index (χ0) is 12.4. The standard InChI is InChI=1S/C11H15N5O/c1-7(12)11(17)13-8(2)10-15-14-9-5-3-4-6-16(9)10/h3-8H,12H2,1-2H3,(H,13,17)/t7-,8?/m0/s1. The second kappa shape index (κ2) is 4.50. The highest BCUT2D eigenvalue weighted by molar-refractivity contribution is 5.81. The third-order valence-electron chi connectivity index (χ3n) is 2.50. The van der Waals surface area contributed by atoms with Crippen molar-refractivity contribution in [1.82, 2.24) is 19.9 Å². The Morgan fingerprint density at radius 2 is 2.18 bits per heavy atom. The Morgan fingerprint density at radius 3 is 2.88 bits per heavy atom. The second-order valence-corrected chi connectivity index (χ2v) is 4.01. The third-order valence-corrected chi connectivity index (χ3v) is 2.50. The van der Waals surface area contributed by atoms with Crippen LogP contribution in [0.5, 0.6) is 0 Å². The Labute approximate surface area is 98.8 Å². The molecule has 0 saturated heterocycles. The molecule has 2 aromatic heterocycles. The van der Waals surface area contributed by atoms with Crippen molar-refractivity contribution in [3.63, 3.8) is 0 Å². The van der Waals surface area contributed by atoms with Gasteiger partial charge in [0, 0.05) is 6.20 Å². The monoisotopic (exact) mass is 233 g/mol. The van der Waals surface area contributed by atoms with Crippen LogP contribution in [0.4, 0.5) is 0 Å². The second-order valence-electron chi connectivity index (χ2n) is 4.01. The van der Waals surface area contributed by atoms with E-state index in [0.717, 1.165) is 5.65 Å². The van der Waals surface area contributed by atoms with Gasteiger partial charge in [-0.05, 0) is 26.0 Å². The van der Waals surface area contributed by atoms with Gasteiger partial charge in [0.2, 0.25) is 5.91 Å². The van der Waals surface area contributed by atoms with E-state index in [2.05, 4.69) is 15.5 Å². The molecule has 2 heterocycles. The van der Waals surface area contributed by atoms with Crippen molar-refractivity contribution in [3.05, 3.63) is 30.2 Å². The van der Waals surface area contributed by atoms with Crippen molar-refractivity contribution in [2.75, 3.05) is 0 Å². The van der Waals surface area contributed by atoms with Crippen LogP contribution in [0.15, 0.2) is 24.4 Å². The van der Waals surface area contributed by atoms with E-state index in [-0.39, 0.29) is 11.9 Å². The Hall–Kier alpha value is -1.95. The molecule has 3 N–H and O–H groups in total. The number of amides is 1. The van der Waals surface area contributed by atoms with Crippen molar-refractivity contribution < 1.29 is 4.79 Å². The number of pyridine rings is 1. The minimum Gasteiger partial charge on any atom is -0.345 e. The molecule has 0 radical (unpaired) electrons. The number of aromatic nitrogens is 3. The summed E-state index contributed by atoms with van der Waals surface area (Å²) in [6.45, 7) is 3.49. The lowest BCUT2D eigenvalue weighted by Gasteiger charge is -2.13. The zero-order valence-electron chi connectivity index (χ0n) is 9.79. The molecule has 90 valence electrons. The van der Waals surface area contributed by atoms with E-state index in [1.54, 1.807) is 6.92 Å². The zero-order valence-corrected chi connectivity index (χ0v) is 9.79. The SMILES string of the molecule is CC(NC(=O)[C@H](C)N)c1nnc2ccccn12. The number of nitrogens with zero attached hydrogens (tertiary/aromatic N) is 3. The van der Waals surface area contributed by atoms with E-state index in [9.17, 15) is 4.79 Å². The summed E-state index contributed by atoms with van der Waals surface area (Å²) >= 11 is 0. The first-order valence-corrected chi connectivity index (χ1v) is 5.45. The lowest BCUT2D eigenvalue weighted by Crippen LogP contribution is -2.39. The molecule has 6 nitrogen and oxygen atoms in total. The van der Waals surface area contributed by atoms with Gasteiger partial charge in [-0.2, -0.15) is 0 Å². The van der Waals surface area contributed by atoms with Crippen LogP contribution in [0, 0.1) is 0 Å². The normalized spacial score (nSPS) is 14.5. The fourth-order valence-electron chi connectivity index (χ4n) is 1.56. The van der Waals surface area contributed by atoms with Gasteiger partial charge >= 0.3 is 0 Å². The topological polar surface area (TPSA) is 85.3 Å². The molecular formula is C11H15N5O. The lowest BCUT2D eigenvalue weighted by atomic mass is 10.2. The maximum atomic E-state index is 11.5. The summed E-state index contributed by atoms with van der Waals surface area (Å²) in [5, 5.41) is 10.9. The van der Waals surface area contributed by atoms with Crippen LogP contribution >= 0.6 is 0 Å². The van der Waals surface area contributed by atoms with Crippen molar-refractivity contribution >= 4 is 11.6 Å². The molecule has 0 spiro atoms. The molecule has 0 aromatic carbocycles. The number of hydrogen-bond donors (Lipinski definition) is 2. The van der Waals surface area contributed by atoms with Gasteiger partial charge in [0.1, 0.15) is 0 Å².